The molecule has 0 unspecified atom stereocenters. The minimum absolute atomic E-state index is 0.408. The predicted octanol–water partition coefficient (Wildman–Crippen LogP) is 2.41. The van der Waals surface area contributed by atoms with Crippen LogP contribution < -0.4 is 10.2 Å². The quantitative estimate of drug-likeness (QED) is 0.578. The van der Waals surface area contributed by atoms with Crippen molar-refractivity contribution in [2.24, 2.45) is 0 Å². The molecule has 0 bridgehead atoms. The first-order valence-electron chi connectivity index (χ1n) is 8.95. The molecule has 1 aliphatic heterocycles. The molecular formula is C18H18N8O. The Morgan fingerprint density at radius 3 is 2.70 bits per heavy atom. The van der Waals surface area contributed by atoms with Gasteiger partial charge >= 0.3 is 0 Å². The number of hydrogen-bond donors (Lipinski definition) is 1. The lowest BCUT2D eigenvalue weighted by atomic mass is 10.2. The van der Waals surface area contributed by atoms with Crippen LogP contribution in [0, 0.1) is 0 Å². The molecule has 0 aliphatic carbocycles. The van der Waals surface area contributed by atoms with Crippen LogP contribution in [0.5, 0.6) is 0 Å². The van der Waals surface area contributed by atoms with E-state index in [1.54, 1.807) is 6.20 Å². The molecule has 0 spiro atoms. The van der Waals surface area contributed by atoms with Crippen LogP contribution in [0.3, 0.4) is 0 Å². The van der Waals surface area contributed by atoms with Crippen molar-refractivity contribution in [1.82, 2.24) is 30.1 Å². The number of hydrogen-bond acceptors (Lipinski definition) is 8. The summed E-state index contributed by atoms with van der Waals surface area (Å²) >= 11 is 0. The Balaban J connectivity index is 1.42. The van der Waals surface area contributed by atoms with Crippen molar-refractivity contribution in [2.45, 2.75) is 19.4 Å². The van der Waals surface area contributed by atoms with Crippen molar-refractivity contribution in [3.8, 4) is 5.69 Å². The number of rotatable bonds is 5. The van der Waals surface area contributed by atoms with Crippen molar-refractivity contribution in [1.29, 1.82) is 0 Å². The van der Waals surface area contributed by atoms with E-state index in [1.807, 2.05) is 29.1 Å². The van der Waals surface area contributed by atoms with Crippen LogP contribution in [-0.4, -0.2) is 43.2 Å². The Bertz CT molecular complexity index is 1050. The summed E-state index contributed by atoms with van der Waals surface area (Å²) in [5.74, 6) is 1.50. The Morgan fingerprint density at radius 1 is 1.04 bits per heavy atom. The van der Waals surface area contributed by atoms with E-state index < -0.39 is 0 Å². The van der Waals surface area contributed by atoms with Gasteiger partial charge in [0.1, 0.15) is 0 Å². The molecule has 27 heavy (non-hydrogen) atoms. The molecule has 0 atom stereocenters. The van der Waals surface area contributed by atoms with Gasteiger partial charge in [-0.1, -0.05) is 12.1 Å². The summed E-state index contributed by atoms with van der Waals surface area (Å²) in [6.45, 7) is 2.55. The smallest absolute Gasteiger partial charge is 0.245 e. The van der Waals surface area contributed by atoms with Gasteiger partial charge in [0.15, 0.2) is 11.6 Å². The first-order valence-corrected chi connectivity index (χ1v) is 8.95. The summed E-state index contributed by atoms with van der Waals surface area (Å²) in [5.41, 5.74) is 2.98. The summed E-state index contributed by atoms with van der Waals surface area (Å²) in [6, 6.07) is 10.1. The number of anilines is 2. The van der Waals surface area contributed by atoms with Gasteiger partial charge < -0.3 is 10.2 Å². The lowest BCUT2D eigenvalue weighted by Gasteiger charge is -2.19. The Labute approximate surface area is 155 Å². The van der Waals surface area contributed by atoms with E-state index in [1.165, 1.54) is 0 Å². The highest BCUT2D eigenvalue weighted by Crippen LogP contribution is 2.27. The molecule has 0 saturated carbocycles. The van der Waals surface area contributed by atoms with Crippen LogP contribution in [-0.2, 0) is 6.54 Å². The van der Waals surface area contributed by atoms with Crippen LogP contribution >= 0.6 is 0 Å². The number of benzene rings is 1. The molecular weight excluding hydrogens is 344 g/mol. The maximum Gasteiger partial charge on any atom is 0.245 e. The van der Waals surface area contributed by atoms with E-state index in [0.29, 0.717) is 23.7 Å². The highest BCUT2D eigenvalue weighted by atomic mass is 16.6. The van der Waals surface area contributed by atoms with Crippen LogP contribution in [0.15, 0.2) is 47.4 Å². The Morgan fingerprint density at radius 2 is 1.89 bits per heavy atom. The predicted molar refractivity (Wildman–Crippen MR) is 99.7 cm³/mol. The molecule has 1 aromatic carbocycles. The fourth-order valence-corrected chi connectivity index (χ4v) is 3.31. The summed E-state index contributed by atoms with van der Waals surface area (Å²) in [4.78, 5) is 11.4. The standard InChI is InChI=1S/C18H18N8O/c1-2-9-25(8-1)18-17(21-15-16(22-18)24-27-23-15)19-12-13-5-3-6-14(11-13)26-10-4-7-20-26/h3-7,10-11H,1-2,8-9,12H2,(H,19,21,23). The maximum absolute atomic E-state index is 4.78. The molecule has 0 amide bonds. The summed E-state index contributed by atoms with van der Waals surface area (Å²) in [6.07, 6.45) is 6.00. The van der Waals surface area contributed by atoms with Gasteiger partial charge in [-0.3, -0.25) is 0 Å². The van der Waals surface area contributed by atoms with Crippen LogP contribution in [0.25, 0.3) is 17.0 Å². The van der Waals surface area contributed by atoms with Gasteiger partial charge in [0, 0.05) is 32.0 Å². The van der Waals surface area contributed by atoms with Gasteiger partial charge in [-0.2, -0.15) is 5.10 Å². The molecule has 5 rings (SSSR count). The topological polar surface area (TPSA) is 97.8 Å². The largest absolute Gasteiger partial charge is 0.363 e. The third-order valence-corrected chi connectivity index (χ3v) is 4.64. The van der Waals surface area contributed by atoms with E-state index in [9.17, 15) is 0 Å². The average molecular weight is 362 g/mol. The van der Waals surface area contributed by atoms with Crippen molar-refractivity contribution in [2.75, 3.05) is 23.3 Å². The third-order valence-electron chi connectivity index (χ3n) is 4.64. The summed E-state index contributed by atoms with van der Waals surface area (Å²) in [5, 5.41) is 15.3. The van der Waals surface area contributed by atoms with Gasteiger partial charge in [0.2, 0.25) is 11.3 Å². The van der Waals surface area contributed by atoms with Gasteiger partial charge in [0.05, 0.1) is 5.69 Å². The summed E-state index contributed by atoms with van der Waals surface area (Å²) in [7, 11) is 0. The number of aromatic nitrogens is 6. The van der Waals surface area contributed by atoms with Crippen molar-refractivity contribution < 1.29 is 4.63 Å². The molecule has 1 N–H and O–H groups in total. The molecule has 1 aliphatic rings. The minimum atomic E-state index is 0.408. The normalized spacial score (nSPS) is 14.1. The van der Waals surface area contributed by atoms with Gasteiger partial charge in [0.25, 0.3) is 0 Å². The second kappa shape index (κ2) is 6.67. The van der Waals surface area contributed by atoms with Gasteiger partial charge in [-0.05, 0) is 46.9 Å². The van der Waals surface area contributed by atoms with Crippen LogP contribution in [0.4, 0.5) is 11.6 Å². The molecule has 9 heteroatoms. The Kier molecular flexibility index (Phi) is 3.89. The number of fused-ring (bicyclic) bond motifs is 1. The molecule has 1 saturated heterocycles. The Hall–Kier alpha value is -3.49. The molecule has 4 heterocycles. The zero-order chi connectivity index (χ0) is 18.1. The van der Waals surface area contributed by atoms with Crippen molar-refractivity contribution >= 4 is 22.9 Å². The lowest BCUT2D eigenvalue weighted by Crippen LogP contribution is -2.21. The highest BCUT2D eigenvalue weighted by molar-refractivity contribution is 5.74. The molecule has 136 valence electrons. The van der Waals surface area contributed by atoms with Crippen molar-refractivity contribution in [3.05, 3.63) is 48.3 Å². The minimum Gasteiger partial charge on any atom is -0.363 e. The van der Waals surface area contributed by atoms with Gasteiger partial charge in [-0.25, -0.2) is 19.3 Å². The SMILES string of the molecule is c1cc(CNc2nc3nonc3nc2N2CCCC2)cc(-n2cccn2)c1. The zero-order valence-corrected chi connectivity index (χ0v) is 14.6. The molecule has 3 aromatic heterocycles. The molecule has 4 aromatic rings. The van der Waals surface area contributed by atoms with E-state index in [-0.39, 0.29) is 0 Å². The monoisotopic (exact) mass is 362 g/mol. The summed E-state index contributed by atoms with van der Waals surface area (Å²) < 4.78 is 6.62. The van der Waals surface area contributed by atoms with Gasteiger partial charge in [-0.15, -0.1) is 0 Å². The van der Waals surface area contributed by atoms with Crippen LogP contribution in [0.2, 0.25) is 0 Å². The third kappa shape index (κ3) is 3.07. The second-order valence-electron chi connectivity index (χ2n) is 6.48. The van der Waals surface area contributed by atoms with E-state index >= 15 is 0 Å². The highest BCUT2D eigenvalue weighted by Gasteiger charge is 2.21. The number of nitrogens with zero attached hydrogens (tertiary/aromatic N) is 7. The van der Waals surface area contributed by atoms with Crippen LogP contribution in [0.1, 0.15) is 18.4 Å². The molecule has 9 nitrogen and oxygen atoms in total. The molecule has 1 fully saturated rings. The van der Waals surface area contributed by atoms with E-state index in [0.717, 1.165) is 43.0 Å². The first kappa shape index (κ1) is 15.7. The fourth-order valence-electron chi connectivity index (χ4n) is 3.31. The zero-order valence-electron chi connectivity index (χ0n) is 14.6. The second-order valence-corrected chi connectivity index (χ2v) is 6.48. The fraction of sp³-hybridized carbons (Fsp3) is 0.278. The molecule has 0 radical (unpaired) electrons. The first-order chi connectivity index (χ1) is 13.4. The van der Waals surface area contributed by atoms with E-state index in [2.05, 4.69) is 47.7 Å². The van der Waals surface area contributed by atoms with E-state index in [4.69, 9.17) is 4.63 Å². The average Bonchev–Trinajstić information content (AvgIpc) is 3.48. The lowest BCUT2D eigenvalue weighted by molar-refractivity contribution is 0.314. The van der Waals surface area contributed by atoms with Crippen molar-refractivity contribution in [3.63, 3.8) is 0 Å². The number of nitrogens with one attached hydrogen (secondary N) is 1. The maximum atomic E-state index is 4.78.